The summed E-state index contributed by atoms with van der Waals surface area (Å²) in [6.07, 6.45) is 6.84. The number of hydrogen-bond acceptors (Lipinski definition) is 7. The predicted octanol–water partition coefficient (Wildman–Crippen LogP) is 1.66. The number of hydrogen-bond donors (Lipinski definition) is 0. The highest BCUT2D eigenvalue weighted by Gasteiger charge is 2.47. The summed E-state index contributed by atoms with van der Waals surface area (Å²) >= 11 is 1.35. The number of thiazole rings is 1. The Morgan fingerprint density at radius 3 is 2.70 bits per heavy atom. The molecule has 150 valence electrons. The van der Waals surface area contributed by atoms with Crippen LogP contribution < -0.4 is 0 Å². The fourth-order valence-electron chi connectivity index (χ4n) is 4.54. The van der Waals surface area contributed by atoms with Gasteiger partial charge in [-0.05, 0) is 32.1 Å². The number of aromatic nitrogens is 1. The molecule has 0 aromatic carbocycles. The molecule has 27 heavy (non-hydrogen) atoms. The molecule has 4 aliphatic rings. The van der Waals surface area contributed by atoms with E-state index in [0.717, 1.165) is 63.4 Å². The van der Waals surface area contributed by atoms with Crippen molar-refractivity contribution in [2.45, 2.75) is 53.9 Å². The summed E-state index contributed by atoms with van der Waals surface area (Å²) in [5, 5.41) is 0.975. The van der Waals surface area contributed by atoms with Crippen molar-refractivity contribution < 1.29 is 17.9 Å². The molecule has 9 heteroatoms. The SMILES string of the molecule is O=S(=O)(c1cnc(C2CC2)s1)N1CCOC2(CCN(C3CCOCC3)C2)C1. The summed E-state index contributed by atoms with van der Waals surface area (Å²) < 4.78 is 40.0. The minimum Gasteiger partial charge on any atom is -0.381 e. The van der Waals surface area contributed by atoms with Crippen LogP contribution in [0.15, 0.2) is 10.4 Å². The topological polar surface area (TPSA) is 72.0 Å². The van der Waals surface area contributed by atoms with E-state index in [9.17, 15) is 8.42 Å². The van der Waals surface area contributed by atoms with Crippen LogP contribution in [-0.4, -0.2) is 80.2 Å². The van der Waals surface area contributed by atoms with Crippen molar-refractivity contribution in [3.05, 3.63) is 11.2 Å². The van der Waals surface area contributed by atoms with E-state index in [2.05, 4.69) is 9.88 Å². The maximum Gasteiger partial charge on any atom is 0.254 e. The minimum absolute atomic E-state index is 0.367. The lowest BCUT2D eigenvalue weighted by Gasteiger charge is -2.40. The number of morpholine rings is 1. The first-order valence-electron chi connectivity index (χ1n) is 9.97. The minimum atomic E-state index is -3.48. The first-order chi connectivity index (χ1) is 13.1. The first kappa shape index (κ1) is 18.4. The van der Waals surface area contributed by atoms with Crippen molar-refractivity contribution in [2.75, 3.05) is 46.0 Å². The number of ether oxygens (including phenoxy) is 2. The van der Waals surface area contributed by atoms with Crippen molar-refractivity contribution in [3.63, 3.8) is 0 Å². The molecule has 1 unspecified atom stereocenters. The van der Waals surface area contributed by atoms with E-state index in [1.165, 1.54) is 11.3 Å². The maximum atomic E-state index is 13.2. The van der Waals surface area contributed by atoms with E-state index in [1.54, 1.807) is 10.5 Å². The van der Waals surface area contributed by atoms with E-state index < -0.39 is 10.0 Å². The molecular formula is C18H27N3O4S2. The Bertz CT molecular complexity index is 788. The van der Waals surface area contributed by atoms with Crippen molar-refractivity contribution in [1.82, 2.24) is 14.2 Å². The van der Waals surface area contributed by atoms with Gasteiger partial charge in [0.05, 0.1) is 23.4 Å². The first-order valence-corrected chi connectivity index (χ1v) is 12.2. The van der Waals surface area contributed by atoms with E-state index >= 15 is 0 Å². The zero-order chi connectivity index (χ0) is 18.5. The summed E-state index contributed by atoms with van der Waals surface area (Å²) in [6, 6.07) is 0.538. The van der Waals surface area contributed by atoms with Crippen LogP contribution in [-0.2, 0) is 19.5 Å². The van der Waals surface area contributed by atoms with Crippen LogP contribution in [0.5, 0.6) is 0 Å². The quantitative estimate of drug-likeness (QED) is 0.748. The lowest BCUT2D eigenvalue weighted by atomic mass is 10.0. The zero-order valence-electron chi connectivity index (χ0n) is 15.5. The summed E-state index contributed by atoms with van der Waals surface area (Å²) in [5.41, 5.74) is -0.367. The van der Waals surface area contributed by atoms with Crippen LogP contribution in [0.3, 0.4) is 0 Å². The molecular weight excluding hydrogens is 386 g/mol. The number of rotatable bonds is 4. The molecule has 1 saturated carbocycles. The van der Waals surface area contributed by atoms with Gasteiger partial charge in [-0.3, -0.25) is 4.90 Å². The van der Waals surface area contributed by atoms with Gasteiger partial charge in [0.2, 0.25) is 0 Å². The van der Waals surface area contributed by atoms with Crippen molar-refractivity contribution >= 4 is 21.4 Å². The zero-order valence-corrected chi connectivity index (χ0v) is 17.1. The number of sulfonamides is 1. The van der Waals surface area contributed by atoms with Gasteiger partial charge in [-0.2, -0.15) is 4.31 Å². The van der Waals surface area contributed by atoms with Gasteiger partial charge in [0, 0.05) is 51.4 Å². The third-order valence-corrected chi connectivity index (χ3v) is 9.73. The summed E-state index contributed by atoms with van der Waals surface area (Å²) in [7, 11) is -3.48. The fraction of sp³-hybridized carbons (Fsp3) is 0.833. The Morgan fingerprint density at radius 1 is 1.11 bits per heavy atom. The van der Waals surface area contributed by atoms with Crippen molar-refractivity contribution in [2.24, 2.45) is 0 Å². The average molecular weight is 414 g/mol. The standard InChI is InChI=1S/C18H27N3O4S2/c22-27(23,16-11-19-17(26-16)14-1-2-14)21-7-10-25-18(13-21)5-6-20(12-18)15-3-8-24-9-4-15/h11,14-15H,1-10,12-13H2. The van der Waals surface area contributed by atoms with Gasteiger partial charge in [-0.15, -0.1) is 11.3 Å². The molecule has 1 aromatic rings. The Morgan fingerprint density at radius 2 is 1.93 bits per heavy atom. The lowest BCUT2D eigenvalue weighted by molar-refractivity contribution is -0.0846. The molecule has 5 rings (SSSR count). The molecule has 0 N–H and O–H groups in total. The molecule has 4 heterocycles. The second-order valence-electron chi connectivity index (χ2n) is 8.23. The van der Waals surface area contributed by atoms with Crippen LogP contribution in [0.1, 0.15) is 43.0 Å². The molecule has 0 amide bonds. The van der Waals surface area contributed by atoms with Gasteiger partial charge < -0.3 is 9.47 Å². The second-order valence-corrected chi connectivity index (χ2v) is 11.5. The third kappa shape index (κ3) is 3.58. The monoisotopic (exact) mass is 413 g/mol. The maximum absolute atomic E-state index is 13.2. The van der Waals surface area contributed by atoms with E-state index in [1.807, 2.05) is 0 Å². The Hall–Kier alpha value is -0.580. The van der Waals surface area contributed by atoms with Crippen molar-refractivity contribution in [3.8, 4) is 0 Å². The summed E-state index contributed by atoms with van der Waals surface area (Å²) in [5.74, 6) is 0.484. The molecule has 3 aliphatic heterocycles. The van der Waals surface area contributed by atoms with Crippen LogP contribution in [0.4, 0.5) is 0 Å². The highest BCUT2D eigenvalue weighted by Crippen LogP contribution is 2.43. The molecule has 4 fully saturated rings. The highest BCUT2D eigenvalue weighted by atomic mass is 32.2. The lowest BCUT2D eigenvalue weighted by Crippen LogP contribution is -2.55. The van der Waals surface area contributed by atoms with E-state index in [4.69, 9.17) is 9.47 Å². The van der Waals surface area contributed by atoms with Crippen LogP contribution in [0.25, 0.3) is 0 Å². The molecule has 0 radical (unpaired) electrons. The van der Waals surface area contributed by atoms with Gasteiger partial charge in [0.25, 0.3) is 10.0 Å². The normalized spacial score (nSPS) is 31.7. The van der Waals surface area contributed by atoms with E-state index in [-0.39, 0.29) is 5.60 Å². The molecule has 1 atom stereocenters. The van der Waals surface area contributed by atoms with Gasteiger partial charge in [0.1, 0.15) is 0 Å². The molecule has 1 aliphatic carbocycles. The molecule has 7 nitrogen and oxygen atoms in total. The number of nitrogens with zero attached hydrogens (tertiary/aromatic N) is 3. The second kappa shape index (κ2) is 7.03. The third-order valence-electron chi connectivity index (χ3n) is 6.29. The smallest absolute Gasteiger partial charge is 0.254 e. The van der Waals surface area contributed by atoms with Crippen LogP contribution in [0, 0.1) is 0 Å². The number of likely N-dealkylation sites (tertiary alicyclic amines) is 1. The Balaban J connectivity index is 1.30. The largest absolute Gasteiger partial charge is 0.381 e. The molecule has 0 bridgehead atoms. The van der Waals surface area contributed by atoms with Gasteiger partial charge in [-0.1, -0.05) is 0 Å². The van der Waals surface area contributed by atoms with Crippen LogP contribution in [0.2, 0.25) is 0 Å². The van der Waals surface area contributed by atoms with Crippen molar-refractivity contribution in [1.29, 1.82) is 0 Å². The summed E-state index contributed by atoms with van der Waals surface area (Å²) in [4.78, 5) is 6.85. The van der Waals surface area contributed by atoms with Crippen LogP contribution >= 0.6 is 11.3 Å². The van der Waals surface area contributed by atoms with Gasteiger partial charge >= 0.3 is 0 Å². The highest BCUT2D eigenvalue weighted by molar-refractivity contribution is 7.91. The Labute approximate surface area is 164 Å². The van der Waals surface area contributed by atoms with Gasteiger partial charge in [-0.25, -0.2) is 13.4 Å². The fourth-order valence-corrected chi connectivity index (χ4v) is 7.51. The average Bonchev–Trinajstić information content (AvgIpc) is 3.27. The molecule has 3 saturated heterocycles. The van der Waals surface area contributed by atoms with Gasteiger partial charge in [0.15, 0.2) is 4.21 Å². The molecule has 1 aromatic heterocycles. The Kier molecular flexibility index (Phi) is 4.81. The summed E-state index contributed by atoms with van der Waals surface area (Å²) in [6.45, 7) is 4.79. The van der Waals surface area contributed by atoms with E-state index in [0.29, 0.717) is 35.9 Å². The molecule has 1 spiro atoms. The predicted molar refractivity (Wildman–Crippen MR) is 102 cm³/mol.